The molecule has 0 aromatic carbocycles. The molecule has 6 heteroatoms. The van der Waals surface area contributed by atoms with Gasteiger partial charge in [0.25, 0.3) is 0 Å². The molecule has 3 unspecified atom stereocenters. The highest BCUT2D eigenvalue weighted by molar-refractivity contribution is 6.68. The van der Waals surface area contributed by atoms with Crippen molar-refractivity contribution in [2.75, 3.05) is 0 Å². The van der Waals surface area contributed by atoms with Gasteiger partial charge >= 0.3 is 5.97 Å². The van der Waals surface area contributed by atoms with Crippen LogP contribution in [-0.2, 0) is 14.3 Å². The highest BCUT2D eigenvalue weighted by Gasteiger charge is 2.66. The molecule has 96 valence electrons. The Kier molecular flexibility index (Phi) is 2.65. The van der Waals surface area contributed by atoms with E-state index in [1.54, 1.807) is 0 Å². The maximum atomic E-state index is 12.2. The lowest BCUT2D eigenvalue weighted by Crippen LogP contribution is -2.54. The van der Waals surface area contributed by atoms with Gasteiger partial charge in [0.1, 0.15) is 12.2 Å². The van der Waals surface area contributed by atoms with Crippen molar-refractivity contribution in [3.05, 3.63) is 0 Å². The van der Waals surface area contributed by atoms with Gasteiger partial charge < -0.3 is 9.47 Å². The van der Waals surface area contributed by atoms with Crippen LogP contribution in [0.5, 0.6) is 0 Å². The van der Waals surface area contributed by atoms with E-state index in [-0.39, 0.29) is 24.1 Å². The van der Waals surface area contributed by atoms with Crippen LogP contribution in [-0.4, -0.2) is 28.1 Å². The highest BCUT2D eigenvalue weighted by Crippen LogP contribution is 2.57. The monoisotopic (exact) mass is 298 g/mol. The molecule has 0 N–H and O–H groups in total. The lowest BCUT2D eigenvalue weighted by atomic mass is 9.64. The smallest absolute Gasteiger partial charge is 0.315 e. The predicted molar refractivity (Wildman–Crippen MR) is 64.3 cm³/mol. The Balaban J connectivity index is 1.86. The topological polar surface area (TPSA) is 38.8 Å². The van der Waals surface area contributed by atoms with Crippen molar-refractivity contribution < 1.29 is 14.3 Å². The fraction of sp³-hybridized carbons (Fsp3) is 0.909. The van der Waals surface area contributed by atoms with Gasteiger partial charge in [-0.1, -0.05) is 34.8 Å². The van der Waals surface area contributed by atoms with E-state index < -0.39 is 15.3 Å². The van der Waals surface area contributed by atoms with Crippen molar-refractivity contribution in [3.8, 4) is 0 Å². The first kappa shape index (κ1) is 12.3. The van der Waals surface area contributed by atoms with Gasteiger partial charge in [0.05, 0.1) is 11.5 Å². The molecule has 0 radical (unpaired) electrons. The van der Waals surface area contributed by atoms with Gasteiger partial charge in [0.2, 0.25) is 3.79 Å². The van der Waals surface area contributed by atoms with E-state index in [1.807, 2.05) is 6.92 Å². The van der Waals surface area contributed by atoms with Crippen molar-refractivity contribution in [2.45, 2.75) is 48.3 Å². The van der Waals surface area contributed by atoms with Crippen LogP contribution in [0.4, 0.5) is 0 Å². The Morgan fingerprint density at radius 2 is 2.06 bits per heavy atom. The fourth-order valence-corrected chi connectivity index (χ4v) is 3.60. The lowest BCUT2D eigenvalue weighted by molar-refractivity contribution is -0.178. The summed E-state index contributed by atoms with van der Waals surface area (Å²) >= 11 is 17.5. The van der Waals surface area contributed by atoms with Crippen LogP contribution in [0, 0.1) is 11.3 Å². The van der Waals surface area contributed by atoms with E-state index in [2.05, 4.69) is 0 Å². The molecule has 3 nitrogen and oxygen atoms in total. The number of carbonyl (C=O) groups excluding carboxylic acids is 1. The van der Waals surface area contributed by atoms with Gasteiger partial charge in [-0.05, 0) is 32.1 Å². The van der Waals surface area contributed by atoms with Crippen LogP contribution in [0.25, 0.3) is 0 Å². The predicted octanol–water partition coefficient (Wildman–Crippen LogP) is 2.86. The summed E-state index contributed by atoms with van der Waals surface area (Å²) in [6, 6.07) is 0. The Bertz CT molecular complexity index is 367. The van der Waals surface area contributed by atoms with Gasteiger partial charge in [-0.15, -0.1) is 0 Å². The summed E-state index contributed by atoms with van der Waals surface area (Å²) in [5, 5.41) is 0. The second kappa shape index (κ2) is 3.66. The molecule has 17 heavy (non-hydrogen) atoms. The zero-order valence-electron chi connectivity index (χ0n) is 9.29. The van der Waals surface area contributed by atoms with E-state index in [4.69, 9.17) is 44.3 Å². The third kappa shape index (κ3) is 1.78. The Morgan fingerprint density at radius 3 is 2.71 bits per heavy atom. The number of rotatable bonds is 0. The minimum absolute atomic E-state index is 0.00470. The van der Waals surface area contributed by atoms with E-state index in [0.717, 1.165) is 12.8 Å². The minimum Gasteiger partial charge on any atom is -0.457 e. The number of halogens is 3. The number of fused-ring (bicyclic) bond motifs is 3. The lowest BCUT2D eigenvalue weighted by Gasteiger charge is -2.45. The van der Waals surface area contributed by atoms with E-state index >= 15 is 0 Å². The number of hydrogen-bond donors (Lipinski definition) is 0. The zero-order valence-corrected chi connectivity index (χ0v) is 11.6. The molecule has 3 rings (SSSR count). The van der Waals surface area contributed by atoms with Crippen LogP contribution in [0.15, 0.2) is 0 Å². The molecule has 1 saturated carbocycles. The molecule has 5 atom stereocenters. The molecule has 3 fully saturated rings. The first-order valence-electron chi connectivity index (χ1n) is 5.76. The maximum Gasteiger partial charge on any atom is 0.315 e. The standard InChI is InChI=1S/C11H13Cl3O3/c1-10-5(2-3-6-8(10)16-6)4-7(11(12,13)14)17-9(10)15/h5-8H,2-4H2,1H3/t5?,6-,7?,8-,10?/m0/s1. The van der Waals surface area contributed by atoms with Gasteiger partial charge in [-0.3, -0.25) is 4.79 Å². The molecule has 0 bridgehead atoms. The summed E-state index contributed by atoms with van der Waals surface area (Å²) < 4.78 is 9.30. The van der Waals surface area contributed by atoms with Gasteiger partial charge in [-0.25, -0.2) is 0 Å². The fourth-order valence-electron chi connectivity index (χ4n) is 3.20. The first-order valence-corrected chi connectivity index (χ1v) is 6.90. The second-order valence-electron chi connectivity index (χ2n) is 5.32. The molecule has 0 aromatic heterocycles. The highest BCUT2D eigenvalue weighted by atomic mass is 35.6. The number of ether oxygens (including phenoxy) is 2. The number of carbonyl (C=O) groups is 1. The summed E-state index contributed by atoms with van der Waals surface area (Å²) in [6.07, 6.45) is 2.12. The van der Waals surface area contributed by atoms with Gasteiger partial charge in [0.15, 0.2) is 0 Å². The molecular formula is C11H13Cl3O3. The van der Waals surface area contributed by atoms with Crippen LogP contribution < -0.4 is 0 Å². The van der Waals surface area contributed by atoms with Crippen molar-refractivity contribution in [1.29, 1.82) is 0 Å². The first-order chi connectivity index (χ1) is 7.83. The summed E-state index contributed by atoms with van der Waals surface area (Å²) in [7, 11) is 0. The molecule has 0 amide bonds. The molecule has 3 aliphatic rings. The van der Waals surface area contributed by atoms with Crippen LogP contribution >= 0.6 is 34.8 Å². The average molecular weight is 300 g/mol. The number of alkyl halides is 3. The van der Waals surface area contributed by atoms with Crippen LogP contribution in [0.1, 0.15) is 26.2 Å². The molecule has 2 saturated heterocycles. The van der Waals surface area contributed by atoms with Gasteiger partial charge in [0, 0.05) is 0 Å². The molecule has 2 heterocycles. The Labute approximate surface area is 115 Å². The van der Waals surface area contributed by atoms with E-state index in [0.29, 0.717) is 6.42 Å². The summed E-state index contributed by atoms with van der Waals surface area (Å²) in [4.78, 5) is 12.2. The third-order valence-electron chi connectivity index (χ3n) is 4.37. The Hall–Kier alpha value is 0.300. The number of esters is 1. The summed E-state index contributed by atoms with van der Waals surface area (Å²) in [6.45, 7) is 1.92. The van der Waals surface area contributed by atoms with E-state index in [9.17, 15) is 4.79 Å². The molecule has 0 spiro atoms. The minimum atomic E-state index is -1.54. The zero-order chi connectivity index (χ0) is 12.4. The number of hydrogen-bond acceptors (Lipinski definition) is 3. The average Bonchev–Trinajstić information content (AvgIpc) is 2.98. The molecule has 1 aliphatic carbocycles. The normalized spacial score (nSPS) is 49.1. The van der Waals surface area contributed by atoms with Crippen molar-refractivity contribution in [2.24, 2.45) is 11.3 Å². The summed E-state index contributed by atoms with van der Waals surface area (Å²) in [5.41, 5.74) is -0.546. The van der Waals surface area contributed by atoms with Gasteiger partial charge in [-0.2, -0.15) is 0 Å². The third-order valence-corrected chi connectivity index (χ3v) is 5.10. The Morgan fingerprint density at radius 1 is 1.35 bits per heavy atom. The molecule has 2 aliphatic heterocycles. The molecular weight excluding hydrogens is 286 g/mol. The number of cyclic esters (lactones) is 1. The SMILES string of the molecule is CC12C(=O)OC(C(Cl)(Cl)Cl)CC1CC[C@@H]1O[C@@H]12. The van der Waals surface area contributed by atoms with Crippen molar-refractivity contribution in [3.63, 3.8) is 0 Å². The van der Waals surface area contributed by atoms with Crippen molar-refractivity contribution in [1.82, 2.24) is 0 Å². The number of epoxide rings is 1. The molecule has 0 aromatic rings. The van der Waals surface area contributed by atoms with Crippen molar-refractivity contribution >= 4 is 40.8 Å². The maximum absolute atomic E-state index is 12.2. The summed E-state index contributed by atoms with van der Waals surface area (Å²) in [5.74, 6) is -0.0922. The largest absolute Gasteiger partial charge is 0.457 e. The van der Waals surface area contributed by atoms with Crippen LogP contribution in [0.2, 0.25) is 0 Å². The quantitative estimate of drug-likeness (QED) is 0.392. The van der Waals surface area contributed by atoms with E-state index in [1.165, 1.54) is 0 Å². The second-order valence-corrected chi connectivity index (χ2v) is 7.69. The van der Waals surface area contributed by atoms with Crippen LogP contribution in [0.3, 0.4) is 0 Å².